The Labute approximate surface area is 95.5 Å². The summed E-state index contributed by atoms with van der Waals surface area (Å²) >= 11 is 0. The molecule has 0 bridgehead atoms. The molecule has 90 valence electrons. The van der Waals surface area contributed by atoms with Gasteiger partial charge in [-0.05, 0) is 18.2 Å². The van der Waals surface area contributed by atoms with Crippen molar-refractivity contribution in [1.29, 1.82) is 0 Å². The SMILES string of the molecule is O=C1CC/[N+](=C/c2cccc(C(F)(F)F)c2)N1. The molecule has 6 heteroatoms. The molecule has 3 nitrogen and oxygen atoms in total. The fourth-order valence-electron chi connectivity index (χ4n) is 1.57. The van der Waals surface area contributed by atoms with Gasteiger partial charge in [-0.3, -0.25) is 4.79 Å². The zero-order valence-corrected chi connectivity index (χ0v) is 8.79. The molecule has 0 saturated carbocycles. The van der Waals surface area contributed by atoms with Gasteiger partial charge in [0.2, 0.25) is 6.21 Å². The predicted molar refractivity (Wildman–Crippen MR) is 54.5 cm³/mol. The van der Waals surface area contributed by atoms with Gasteiger partial charge in [0, 0.05) is 5.56 Å². The van der Waals surface area contributed by atoms with Crippen LogP contribution in [0.2, 0.25) is 0 Å². The first kappa shape index (κ1) is 11.6. The third kappa shape index (κ3) is 2.83. The van der Waals surface area contributed by atoms with Gasteiger partial charge < -0.3 is 0 Å². The van der Waals surface area contributed by atoms with Crippen LogP contribution >= 0.6 is 0 Å². The van der Waals surface area contributed by atoms with Gasteiger partial charge in [0.25, 0.3) is 5.91 Å². The minimum Gasteiger partial charge on any atom is -0.269 e. The lowest BCUT2D eigenvalue weighted by Gasteiger charge is -2.05. The molecule has 1 saturated heterocycles. The Kier molecular flexibility index (Phi) is 2.87. The molecule has 1 aromatic carbocycles. The molecular weight excluding hydrogens is 233 g/mol. The van der Waals surface area contributed by atoms with Crippen molar-refractivity contribution in [3.63, 3.8) is 0 Å². The quantitative estimate of drug-likeness (QED) is 0.746. The van der Waals surface area contributed by atoms with Crippen molar-refractivity contribution in [2.75, 3.05) is 6.54 Å². The summed E-state index contributed by atoms with van der Waals surface area (Å²) in [4.78, 5) is 10.9. The summed E-state index contributed by atoms with van der Waals surface area (Å²) in [7, 11) is 0. The average molecular weight is 243 g/mol. The van der Waals surface area contributed by atoms with E-state index in [0.717, 1.165) is 12.1 Å². The standard InChI is InChI=1S/C11H9F3N2O/c12-11(13,14)9-3-1-2-8(6-9)7-16-5-4-10(17)15-16/h1-3,6-7H,4-5H2/p+1/b16-7-. The van der Waals surface area contributed by atoms with Crippen molar-refractivity contribution in [2.45, 2.75) is 12.6 Å². The van der Waals surface area contributed by atoms with Crippen LogP contribution in [0.15, 0.2) is 24.3 Å². The number of carbonyl (C=O) groups excluding carboxylic acids is 1. The Morgan fingerprint density at radius 2 is 2.12 bits per heavy atom. The summed E-state index contributed by atoms with van der Waals surface area (Å²) in [6.07, 6.45) is -2.51. The average Bonchev–Trinajstić information content (AvgIpc) is 2.63. The molecule has 1 aromatic rings. The van der Waals surface area contributed by atoms with Gasteiger partial charge in [-0.2, -0.15) is 13.2 Å². The van der Waals surface area contributed by atoms with Crippen LogP contribution in [-0.2, 0) is 11.0 Å². The van der Waals surface area contributed by atoms with E-state index in [1.54, 1.807) is 6.07 Å². The molecular formula is C11H10F3N2O+. The summed E-state index contributed by atoms with van der Waals surface area (Å²) in [5, 5.41) is 0. The number of benzene rings is 1. The molecule has 0 aliphatic carbocycles. The number of halogens is 3. The van der Waals surface area contributed by atoms with Crippen LogP contribution in [-0.4, -0.2) is 23.4 Å². The summed E-state index contributed by atoms with van der Waals surface area (Å²) in [5.41, 5.74) is 2.23. The van der Waals surface area contributed by atoms with Crippen LogP contribution in [0.3, 0.4) is 0 Å². The number of nitrogens with zero attached hydrogens (tertiary/aromatic N) is 1. The molecule has 0 spiro atoms. The van der Waals surface area contributed by atoms with Gasteiger partial charge in [-0.1, -0.05) is 6.07 Å². The molecule has 0 radical (unpaired) electrons. The van der Waals surface area contributed by atoms with E-state index in [2.05, 4.69) is 5.43 Å². The highest BCUT2D eigenvalue weighted by atomic mass is 19.4. The van der Waals surface area contributed by atoms with Crippen molar-refractivity contribution in [3.8, 4) is 0 Å². The van der Waals surface area contributed by atoms with Crippen LogP contribution in [0.5, 0.6) is 0 Å². The molecule has 1 fully saturated rings. The molecule has 17 heavy (non-hydrogen) atoms. The van der Waals surface area contributed by atoms with E-state index in [0.29, 0.717) is 18.5 Å². The van der Waals surface area contributed by atoms with Crippen molar-refractivity contribution in [2.24, 2.45) is 0 Å². The smallest absolute Gasteiger partial charge is 0.269 e. The first-order valence-corrected chi connectivity index (χ1v) is 5.03. The molecule has 1 N–H and O–H groups in total. The lowest BCUT2D eigenvalue weighted by atomic mass is 10.1. The van der Waals surface area contributed by atoms with E-state index in [-0.39, 0.29) is 5.91 Å². The number of amides is 1. The summed E-state index contributed by atoms with van der Waals surface area (Å²) in [5.74, 6) is -0.131. The number of hydrazine groups is 1. The van der Waals surface area contributed by atoms with Gasteiger partial charge in [0.15, 0.2) is 6.54 Å². The van der Waals surface area contributed by atoms with Gasteiger partial charge in [0.05, 0.1) is 12.0 Å². The van der Waals surface area contributed by atoms with Crippen LogP contribution < -0.4 is 5.43 Å². The third-order valence-corrected chi connectivity index (χ3v) is 2.37. The highest BCUT2D eigenvalue weighted by molar-refractivity contribution is 5.79. The number of nitrogens with one attached hydrogen (secondary N) is 1. The minimum absolute atomic E-state index is 0.131. The Bertz CT molecular complexity index is 480. The van der Waals surface area contributed by atoms with Gasteiger partial charge in [-0.25, -0.2) is 0 Å². The van der Waals surface area contributed by atoms with E-state index < -0.39 is 11.7 Å². The van der Waals surface area contributed by atoms with Crippen molar-refractivity contribution < 1.29 is 22.7 Å². The lowest BCUT2D eigenvalue weighted by molar-refractivity contribution is -0.553. The summed E-state index contributed by atoms with van der Waals surface area (Å²) in [6, 6.07) is 4.96. The van der Waals surface area contributed by atoms with E-state index in [9.17, 15) is 18.0 Å². The Morgan fingerprint density at radius 1 is 1.35 bits per heavy atom. The monoisotopic (exact) mass is 243 g/mol. The number of hydrazone groups is 1. The topological polar surface area (TPSA) is 32.1 Å². The fraction of sp³-hybridized carbons (Fsp3) is 0.273. The minimum atomic E-state index is -4.35. The second kappa shape index (κ2) is 4.20. The number of alkyl halides is 3. The molecule has 0 atom stereocenters. The number of hydrogen-bond donors (Lipinski definition) is 1. The number of hydrogen-bond acceptors (Lipinski definition) is 1. The zero-order valence-electron chi connectivity index (χ0n) is 8.79. The van der Waals surface area contributed by atoms with Crippen molar-refractivity contribution in [1.82, 2.24) is 5.43 Å². The van der Waals surface area contributed by atoms with Gasteiger partial charge >= 0.3 is 6.18 Å². The predicted octanol–water partition coefficient (Wildman–Crippen LogP) is 1.57. The lowest BCUT2D eigenvalue weighted by Crippen LogP contribution is -2.25. The number of carbonyl (C=O) groups is 1. The molecule has 1 aliphatic heterocycles. The van der Waals surface area contributed by atoms with Crippen molar-refractivity contribution in [3.05, 3.63) is 35.4 Å². The molecule has 1 aliphatic rings. The van der Waals surface area contributed by atoms with Gasteiger partial charge in [0.1, 0.15) is 0 Å². The fourth-order valence-corrected chi connectivity index (χ4v) is 1.57. The van der Waals surface area contributed by atoms with Gasteiger partial charge in [-0.15, -0.1) is 10.1 Å². The highest BCUT2D eigenvalue weighted by Gasteiger charge is 2.30. The normalized spacial score (nSPS) is 18.5. The first-order valence-electron chi connectivity index (χ1n) is 5.03. The van der Waals surface area contributed by atoms with Crippen LogP contribution in [0, 0.1) is 0 Å². The van der Waals surface area contributed by atoms with E-state index in [4.69, 9.17) is 0 Å². The van der Waals surface area contributed by atoms with Crippen LogP contribution in [0.25, 0.3) is 0 Å². The zero-order chi connectivity index (χ0) is 12.5. The Hall–Kier alpha value is -1.85. The van der Waals surface area contributed by atoms with Crippen LogP contribution in [0.1, 0.15) is 17.5 Å². The second-order valence-corrected chi connectivity index (χ2v) is 3.73. The molecule has 0 unspecified atom stereocenters. The maximum atomic E-state index is 12.4. The third-order valence-electron chi connectivity index (χ3n) is 2.37. The van der Waals surface area contributed by atoms with E-state index >= 15 is 0 Å². The summed E-state index contributed by atoms with van der Waals surface area (Å²) < 4.78 is 38.8. The molecule has 2 rings (SSSR count). The first-order chi connectivity index (χ1) is 7.95. The molecule has 1 heterocycles. The van der Waals surface area contributed by atoms with E-state index in [1.165, 1.54) is 17.0 Å². The highest BCUT2D eigenvalue weighted by Crippen LogP contribution is 2.29. The van der Waals surface area contributed by atoms with Crippen molar-refractivity contribution >= 4 is 12.1 Å². The van der Waals surface area contributed by atoms with E-state index in [1.807, 2.05) is 0 Å². The summed E-state index contributed by atoms with van der Waals surface area (Å²) in [6.45, 7) is 0.467. The van der Waals surface area contributed by atoms with Crippen LogP contribution in [0.4, 0.5) is 13.2 Å². The maximum Gasteiger partial charge on any atom is 0.416 e. The Morgan fingerprint density at radius 3 is 2.71 bits per heavy atom. The molecule has 1 amide bonds. The second-order valence-electron chi connectivity index (χ2n) is 3.73. The Balaban J connectivity index is 2.25. The molecule has 0 aromatic heterocycles. The largest absolute Gasteiger partial charge is 0.416 e. The maximum absolute atomic E-state index is 12.4. The number of rotatable bonds is 1.